The Hall–Kier alpha value is -3.17. The quantitative estimate of drug-likeness (QED) is 0.855. The first kappa shape index (κ1) is 19.6. The summed E-state index contributed by atoms with van der Waals surface area (Å²) in [5.41, 5.74) is 3.79. The van der Waals surface area contributed by atoms with Gasteiger partial charge in [-0.05, 0) is 53.8 Å². The molecule has 0 heterocycles. The molecule has 0 unspecified atom stereocenters. The molecule has 0 saturated carbocycles. The van der Waals surface area contributed by atoms with Gasteiger partial charge in [0.05, 0.1) is 40.1 Å². The van der Waals surface area contributed by atoms with Crippen molar-refractivity contribution in [2.75, 3.05) is 28.4 Å². The molecule has 2 aromatic rings. The first-order chi connectivity index (χ1) is 13.6. The van der Waals surface area contributed by atoms with Gasteiger partial charge in [-0.2, -0.15) is 5.26 Å². The number of aliphatic hydroxyl groups is 1. The maximum Gasteiger partial charge on any atom is 0.203 e. The largest absolute Gasteiger partial charge is 0.495 e. The second-order valence-corrected chi connectivity index (χ2v) is 6.40. The molecule has 1 aliphatic rings. The maximum absolute atomic E-state index is 10.7. The van der Waals surface area contributed by atoms with Crippen LogP contribution in [0.25, 0.3) is 11.6 Å². The van der Waals surface area contributed by atoms with Gasteiger partial charge in [0.15, 0.2) is 11.5 Å². The van der Waals surface area contributed by atoms with Crippen molar-refractivity contribution < 1.29 is 24.1 Å². The minimum absolute atomic E-state index is 0.437. The van der Waals surface area contributed by atoms with E-state index in [1.807, 2.05) is 18.2 Å². The molecule has 2 aromatic carbocycles. The third-order valence-corrected chi connectivity index (χ3v) is 4.94. The zero-order valence-electron chi connectivity index (χ0n) is 16.4. The summed E-state index contributed by atoms with van der Waals surface area (Å²) in [4.78, 5) is 0. The lowest BCUT2D eigenvalue weighted by atomic mass is 9.83. The molecular weight excluding hydrogens is 358 g/mol. The van der Waals surface area contributed by atoms with Crippen LogP contribution in [0.2, 0.25) is 0 Å². The lowest BCUT2D eigenvalue weighted by Gasteiger charge is -2.28. The van der Waals surface area contributed by atoms with Gasteiger partial charge < -0.3 is 24.1 Å². The Morgan fingerprint density at radius 1 is 1.00 bits per heavy atom. The summed E-state index contributed by atoms with van der Waals surface area (Å²) in [5.74, 6) is 2.20. The van der Waals surface area contributed by atoms with Gasteiger partial charge >= 0.3 is 0 Å². The number of benzene rings is 2. The number of rotatable bonds is 5. The van der Waals surface area contributed by atoms with Gasteiger partial charge in [-0.1, -0.05) is 6.07 Å². The molecule has 0 aromatic heterocycles. The summed E-state index contributed by atoms with van der Waals surface area (Å²) in [6.07, 6.45) is 2.46. The summed E-state index contributed by atoms with van der Waals surface area (Å²) in [6.45, 7) is 0. The number of fused-ring (bicyclic) bond motifs is 1. The molecule has 28 heavy (non-hydrogen) atoms. The van der Waals surface area contributed by atoms with E-state index < -0.39 is 6.10 Å². The average molecular weight is 381 g/mol. The highest BCUT2D eigenvalue weighted by molar-refractivity contribution is 5.88. The lowest BCUT2D eigenvalue weighted by molar-refractivity contribution is 0.217. The SMILES string of the molecule is COc1ccc(/C=C2\c3cc(OC)c(OC)c(OC)c3CC[C@@H]2O)cc1C#N. The number of methoxy groups -OCH3 is 4. The van der Waals surface area contributed by atoms with Crippen molar-refractivity contribution in [3.8, 4) is 29.1 Å². The molecule has 0 spiro atoms. The van der Waals surface area contributed by atoms with E-state index in [-0.39, 0.29) is 0 Å². The molecule has 3 rings (SSSR count). The van der Waals surface area contributed by atoms with Crippen LogP contribution in [0.5, 0.6) is 23.0 Å². The molecule has 0 amide bonds. The Morgan fingerprint density at radius 3 is 2.32 bits per heavy atom. The van der Waals surface area contributed by atoms with Crippen molar-refractivity contribution in [3.63, 3.8) is 0 Å². The normalized spacial score (nSPS) is 16.9. The standard InChI is InChI=1S/C22H23NO5/c1-25-19-8-5-13(9-14(19)12-23)10-17-16-11-20(26-2)22(28-4)21(27-3)15(16)6-7-18(17)24/h5,8-11,18,24H,6-7H2,1-4H3/b17-10+/t18-/m0/s1. The molecule has 0 bridgehead atoms. The zero-order valence-corrected chi connectivity index (χ0v) is 16.4. The lowest BCUT2D eigenvalue weighted by Crippen LogP contribution is -2.19. The van der Waals surface area contributed by atoms with Crippen molar-refractivity contribution in [3.05, 3.63) is 46.5 Å². The van der Waals surface area contributed by atoms with Gasteiger partial charge in [0.1, 0.15) is 11.8 Å². The molecule has 6 nitrogen and oxygen atoms in total. The molecule has 0 fully saturated rings. The number of nitrogens with zero attached hydrogens (tertiary/aromatic N) is 1. The van der Waals surface area contributed by atoms with E-state index in [1.54, 1.807) is 33.5 Å². The summed E-state index contributed by atoms with van der Waals surface area (Å²) in [7, 11) is 6.26. The fraction of sp³-hybridized carbons (Fsp3) is 0.318. The third-order valence-electron chi connectivity index (χ3n) is 4.94. The van der Waals surface area contributed by atoms with Crippen LogP contribution in [-0.2, 0) is 6.42 Å². The molecule has 6 heteroatoms. The van der Waals surface area contributed by atoms with Gasteiger partial charge in [0.2, 0.25) is 5.75 Å². The molecule has 0 aliphatic heterocycles. The van der Waals surface area contributed by atoms with Crippen LogP contribution < -0.4 is 18.9 Å². The van der Waals surface area contributed by atoms with E-state index in [0.717, 1.165) is 22.3 Å². The fourth-order valence-corrected chi connectivity index (χ4v) is 3.59. The third kappa shape index (κ3) is 3.37. The Labute approximate surface area is 164 Å². The van der Waals surface area contributed by atoms with Gasteiger partial charge in [-0.3, -0.25) is 0 Å². The van der Waals surface area contributed by atoms with Crippen LogP contribution in [0.15, 0.2) is 24.3 Å². The van der Waals surface area contributed by atoms with E-state index in [4.69, 9.17) is 18.9 Å². The smallest absolute Gasteiger partial charge is 0.203 e. The van der Waals surface area contributed by atoms with Crippen LogP contribution in [0.3, 0.4) is 0 Å². The highest BCUT2D eigenvalue weighted by atomic mass is 16.5. The van der Waals surface area contributed by atoms with Gasteiger partial charge in [0, 0.05) is 5.56 Å². The second-order valence-electron chi connectivity index (χ2n) is 6.40. The van der Waals surface area contributed by atoms with E-state index in [9.17, 15) is 10.4 Å². The molecule has 1 atom stereocenters. The van der Waals surface area contributed by atoms with Crippen molar-refractivity contribution in [1.82, 2.24) is 0 Å². The Morgan fingerprint density at radius 2 is 1.71 bits per heavy atom. The van der Waals surface area contributed by atoms with E-state index in [0.29, 0.717) is 41.4 Å². The summed E-state index contributed by atoms with van der Waals surface area (Å²) >= 11 is 0. The van der Waals surface area contributed by atoms with Crippen LogP contribution in [-0.4, -0.2) is 39.6 Å². The van der Waals surface area contributed by atoms with Crippen LogP contribution in [0, 0.1) is 11.3 Å². The molecule has 1 N–H and O–H groups in total. The summed E-state index contributed by atoms with van der Waals surface area (Å²) in [6, 6.07) is 9.33. The van der Waals surface area contributed by atoms with Crippen molar-refractivity contribution >= 4 is 11.6 Å². The van der Waals surface area contributed by atoms with E-state index >= 15 is 0 Å². The summed E-state index contributed by atoms with van der Waals surface area (Å²) in [5, 5.41) is 20.0. The number of ether oxygens (including phenoxy) is 4. The highest BCUT2D eigenvalue weighted by Gasteiger charge is 2.29. The second kappa shape index (κ2) is 8.24. The first-order valence-electron chi connectivity index (χ1n) is 8.87. The number of hydrogen-bond donors (Lipinski definition) is 1. The Bertz CT molecular complexity index is 958. The van der Waals surface area contributed by atoms with Crippen LogP contribution in [0.1, 0.15) is 28.7 Å². The topological polar surface area (TPSA) is 80.9 Å². The van der Waals surface area contributed by atoms with Crippen LogP contribution in [0.4, 0.5) is 0 Å². The highest BCUT2D eigenvalue weighted by Crippen LogP contribution is 2.47. The molecule has 146 valence electrons. The Balaban J connectivity index is 2.19. The Kier molecular flexibility index (Phi) is 5.76. The predicted molar refractivity (Wildman–Crippen MR) is 106 cm³/mol. The van der Waals surface area contributed by atoms with Crippen molar-refractivity contribution in [2.24, 2.45) is 0 Å². The molecule has 0 saturated heterocycles. The number of aliphatic hydroxyl groups excluding tert-OH is 1. The molecular formula is C22H23NO5. The van der Waals surface area contributed by atoms with Crippen molar-refractivity contribution in [1.29, 1.82) is 5.26 Å². The minimum atomic E-state index is -0.636. The maximum atomic E-state index is 10.7. The monoisotopic (exact) mass is 381 g/mol. The van der Waals surface area contributed by atoms with Gasteiger partial charge in [-0.25, -0.2) is 0 Å². The average Bonchev–Trinajstić information content (AvgIpc) is 2.73. The fourth-order valence-electron chi connectivity index (χ4n) is 3.59. The van der Waals surface area contributed by atoms with E-state index in [1.165, 1.54) is 7.11 Å². The number of nitriles is 1. The first-order valence-corrected chi connectivity index (χ1v) is 8.87. The van der Waals surface area contributed by atoms with Gasteiger partial charge in [-0.15, -0.1) is 0 Å². The summed E-state index contributed by atoms with van der Waals surface area (Å²) < 4.78 is 21.8. The molecule has 0 radical (unpaired) electrons. The zero-order chi connectivity index (χ0) is 20.3. The minimum Gasteiger partial charge on any atom is -0.495 e. The number of hydrogen-bond acceptors (Lipinski definition) is 6. The predicted octanol–water partition coefficient (Wildman–Crippen LogP) is 3.44. The van der Waals surface area contributed by atoms with Crippen LogP contribution >= 0.6 is 0 Å². The van der Waals surface area contributed by atoms with Crippen molar-refractivity contribution in [2.45, 2.75) is 18.9 Å². The molecule has 1 aliphatic carbocycles. The van der Waals surface area contributed by atoms with E-state index in [2.05, 4.69) is 6.07 Å². The van der Waals surface area contributed by atoms with Gasteiger partial charge in [0.25, 0.3) is 0 Å².